The van der Waals surface area contributed by atoms with Crippen molar-refractivity contribution in [3.05, 3.63) is 30.1 Å². The number of halogens is 2. The Morgan fingerprint density at radius 2 is 2.25 bits per heavy atom. The van der Waals surface area contributed by atoms with Gasteiger partial charge in [-0.15, -0.1) is 0 Å². The number of hydrogen-bond donors (Lipinski definition) is 0. The van der Waals surface area contributed by atoms with Crippen LogP contribution in [0.4, 0.5) is 14.9 Å². The molecular weight excluding hydrogens is 225 g/mol. The standard InChI is InChI=1S/C8H7BrFNO/c1-11(8(9)12)7-4-2-3-6(10)5-7/h2-5H,1H3. The van der Waals surface area contributed by atoms with Gasteiger partial charge in [0.15, 0.2) is 0 Å². The molecule has 0 spiro atoms. The van der Waals surface area contributed by atoms with E-state index in [0.717, 1.165) is 0 Å². The Morgan fingerprint density at radius 3 is 2.75 bits per heavy atom. The van der Waals surface area contributed by atoms with Gasteiger partial charge in [-0.1, -0.05) is 6.07 Å². The molecule has 0 saturated heterocycles. The second-order valence-corrected chi connectivity index (χ2v) is 2.97. The molecule has 1 aromatic carbocycles. The number of benzene rings is 1. The van der Waals surface area contributed by atoms with Crippen molar-refractivity contribution >= 4 is 26.4 Å². The highest BCUT2D eigenvalue weighted by atomic mass is 79.9. The maximum atomic E-state index is 12.6. The van der Waals surface area contributed by atoms with Crippen LogP contribution in [0.2, 0.25) is 0 Å². The second kappa shape index (κ2) is 3.67. The fourth-order valence-corrected chi connectivity index (χ4v) is 0.991. The molecule has 0 bridgehead atoms. The second-order valence-electron chi connectivity index (χ2n) is 2.29. The highest BCUT2D eigenvalue weighted by Crippen LogP contribution is 2.15. The van der Waals surface area contributed by atoms with E-state index in [-0.39, 0.29) is 10.6 Å². The highest BCUT2D eigenvalue weighted by molar-refractivity contribution is 9.18. The highest BCUT2D eigenvalue weighted by Gasteiger charge is 2.06. The minimum Gasteiger partial charge on any atom is -0.306 e. The minimum atomic E-state index is -0.354. The summed E-state index contributed by atoms with van der Waals surface area (Å²) in [6.07, 6.45) is 0. The van der Waals surface area contributed by atoms with Crippen molar-refractivity contribution in [2.24, 2.45) is 0 Å². The van der Waals surface area contributed by atoms with E-state index in [1.54, 1.807) is 19.2 Å². The first-order valence-electron chi connectivity index (χ1n) is 3.30. The SMILES string of the molecule is CN(C(=O)Br)c1cccc(F)c1. The normalized spacial score (nSPS) is 9.58. The quantitative estimate of drug-likeness (QED) is 0.538. The average Bonchev–Trinajstić information content (AvgIpc) is 2.03. The number of nitrogens with zero attached hydrogens (tertiary/aromatic N) is 1. The molecule has 0 aliphatic rings. The lowest BCUT2D eigenvalue weighted by Crippen LogP contribution is -2.18. The molecule has 0 atom stereocenters. The molecule has 12 heavy (non-hydrogen) atoms. The molecule has 0 aliphatic heterocycles. The van der Waals surface area contributed by atoms with Crippen LogP contribution in [0.15, 0.2) is 24.3 Å². The zero-order valence-electron chi connectivity index (χ0n) is 6.42. The molecule has 64 valence electrons. The van der Waals surface area contributed by atoms with Gasteiger partial charge >= 0.3 is 0 Å². The summed E-state index contributed by atoms with van der Waals surface area (Å²) in [4.78, 5) is 11.8. The number of rotatable bonds is 1. The summed E-state index contributed by atoms with van der Waals surface area (Å²) in [5.74, 6) is -0.354. The van der Waals surface area contributed by atoms with Gasteiger partial charge in [0.2, 0.25) is 0 Å². The van der Waals surface area contributed by atoms with E-state index in [1.165, 1.54) is 17.0 Å². The molecule has 0 heterocycles. The molecule has 0 aliphatic carbocycles. The summed E-state index contributed by atoms with van der Waals surface area (Å²) in [6, 6.07) is 5.83. The van der Waals surface area contributed by atoms with Crippen molar-refractivity contribution in [3.8, 4) is 0 Å². The summed E-state index contributed by atoms with van der Waals surface area (Å²) in [5.41, 5.74) is 0.525. The molecular formula is C8H7BrFNO. The maximum absolute atomic E-state index is 12.6. The van der Waals surface area contributed by atoms with Gasteiger partial charge in [-0.05, 0) is 18.2 Å². The van der Waals surface area contributed by atoms with Crippen LogP contribution in [-0.2, 0) is 0 Å². The number of hydrogen-bond acceptors (Lipinski definition) is 1. The lowest BCUT2D eigenvalue weighted by Gasteiger charge is -2.12. The lowest BCUT2D eigenvalue weighted by molar-refractivity contribution is 0.267. The summed E-state index contributed by atoms with van der Waals surface area (Å²) in [5, 5.41) is 0. The van der Waals surface area contributed by atoms with Crippen LogP contribution in [0, 0.1) is 5.82 Å². The Kier molecular flexibility index (Phi) is 2.81. The number of carbonyl (C=O) groups excluding carboxylic acids is 1. The van der Waals surface area contributed by atoms with Gasteiger partial charge in [-0.3, -0.25) is 4.79 Å². The van der Waals surface area contributed by atoms with E-state index in [2.05, 4.69) is 15.9 Å². The van der Waals surface area contributed by atoms with Crippen molar-refractivity contribution in [3.63, 3.8) is 0 Å². The predicted molar refractivity (Wildman–Crippen MR) is 49.1 cm³/mol. The van der Waals surface area contributed by atoms with E-state index < -0.39 is 0 Å². The van der Waals surface area contributed by atoms with E-state index in [9.17, 15) is 9.18 Å². The molecule has 1 rings (SSSR count). The Balaban J connectivity index is 2.95. The largest absolute Gasteiger partial charge is 0.306 e. The summed E-state index contributed by atoms with van der Waals surface area (Å²) in [6.45, 7) is 0. The third kappa shape index (κ3) is 2.04. The van der Waals surface area contributed by atoms with Crippen molar-refractivity contribution in [1.29, 1.82) is 0 Å². The molecule has 4 heteroatoms. The van der Waals surface area contributed by atoms with Gasteiger partial charge in [0.1, 0.15) is 5.82 Å². The van der Waals surface area contributed by atoms with E-state index >= 15 is 0 Å². The average molecular weight is 232 g/mol. The molecule has 0 saturated carbocycles. The molecule has 0 fully saturated rings. The van der Waals surface area contributed by atoms with Gasteiger partial charge in [0, 0.05) is 28.7 Å². The van der Waals surface area contributed by atoms with Crippen molar-refractivity contribution < 1.29 is 9.18 Å². The number of anilines is 1. The molecule has 0 unspecified atom stereocenters. The van der Waals surface area contributed by atoms with E-state index in [4.69, 9.17) is 0 Å². The van der Waals surface area contributed by atoms with Crippen molar-refractivity contribution in [2.45, 2.75) is 0 Å². The molecule has 1 aromatic rings. The third-order valence-electron chi connectivity index (χ3n) is 1.46. The fraction of sp³-hybridized carbons (Fsp3) is 0.125. The molecule has 0 radical (unpaired) electrons. The topological polar surface area (TPSA) is 20.3 Å². The molecule has 0 N–H and O–H groups in total. The molecule has 1 amide bonds. The summed E-state index contributed by atoms with van der Waals surface area (Å²) >= 11 is 2.77. The Bertz CT molecular complexity index is 303. The Morgan fingerprint density at radius 1 is 1.58 bits per heavy atom. The lowest BCUT2D eigenvalue weighted by atomic mass is 10.3. The van der Waals surface area contributed by atoms with Crippen LogP contribution in [0.1, 0.15) is 0 Å². The third-order valence-corrected chi connectivity index (χ3v) is 1.99. The Hall–Kier alpha value is -0.900. The van der Waals surface area contributed by atoms with Crippen LogP contribution >= 0.6 is 15.9 Å². The zero-order valence-corrected chi connectivity index (χ0v) is 8.01. The van der Waals surface area contributed by atoms with Crippen LogP contribution < -0.4 is 4.90 Å². The van der Waals surface area contributed by atoms with Gasteiger partial charge in [-0.2, -0.15) is 0 Å². The Labute approximate surface area is 78.1 Å². The number of carbonyl (C=O) groups is 1. The minimum absolute atomic E-state index is 0.298. The zero-order chi connectivity index (χ0) is 9.14. The van der Waals surface area contributed by atoms with Gasteiger partial charge in [0.05, 0.1) is 0 Å². The van der Waals surface area contributed by atoms with Gasteiger partial charge in [-0.25, -0.2) is 4.39 Å². The van der Waals surface area contributed by atoms with Crippen molar-refractivity contribution in [2.75, 3.05) is 11.9 Å². The monoisotopic (exact) mass is 231 g/mol. The predicted octanol–water partition coefficient (Wildman–Crippen LogP) is 2.78. The fourth-order valence-electron chi connectivity index (χ4n) is 0.786. The van der Waals surface area contributed by atoms with Crippen LogP contribution in [-0.4, -0.2) is 11.9 Å². The van der Waals surface area contributed by atoms with Crippen LogP contribution in [0.25, 0.3) is 0 Å². The van der Waals surface area contributed by atoms with Crippen LogP contribution in [0.5, 0.6) is 0 Å². The first-order chi connectivity index (χ1) is 5.61. The van der Waals surface area contributed by atoms with Gasteiger partial charge in [0.25, 0.3) is 4.82 Å². The van der Waals surface area contributed by atoms with Gasteiger partial charge < -0.3 is 4.90 Å². The maximum Gasteiger partial charge on any atom is 0.293 e. The summed E-state index contributed by atoms with van der Waals surface area (Å²) < 4.78 is 12.6. The first-order valence-corrected chi connectivity index (χ1v) is 4.09. The smallest absolute Gasteiger partial charge is 0.293 e. The van der Waals surface area contributed by atoms with E-state index in [1.807, 2.05) is 0 Å². The summed E-state index contributed by atoms with van der Waals surface area (Å²) in [7, 11) is 1.56. The molecule has 0 aromatic heterocycles. The van der Waals surface area contributed by atoms with Crippen molar-refractivity contribution in [1.82, 2.24) is 0 Å². The van der Waals surface area contributed by atoms with Crippen LogP contribution in [0.3, 0.4) is 0 Å². The van der Waals surface area contributed by atoms with E-state index in [0.29, 0.717) is 5.69 Å². The first kappa shape index (κ1) is 9.19. The number of amides is 1. The molecule has 2 nitrogen and oxygen atoms in total.